The Hall–Kier alpha value is -2.57. The van der Waals surface area contributed by atoms with Crippen LogP contribution >= 0.6 is 23.4 Å². The lowest BCUT2D eigenvalue weighted by atomic mass is 10.2. The topological polar surface area (TPSA) is 61.8 Å². The molecule has 1 aliphatic heterocycles. The summed E-state index contributed by atoms with van der Waals surface area (Å²) in [7, 11) is 0. The second-order valence-electron chi connectivity index (χ2n) is 6.26. The number of benzene rings is 2. The fraction of sp³-hybridized carbons (Fsp3) is 0.190. The Bertz CT molecular complexity index is 945. The first-order valence-electron chi connectivity index (χ1n) is 8.77. The van der Waals surface area contributed by atoms with Gasteiger partial charge >= 0.3 is 0 Å². The number of hydrogen-bond donors (Lipinski definition) is 1. The van der Waals surface area contributed by atoms with Crippen LogP contribution < -0.4 is 5.32 Å². The van der Waals surface area contributed by atoms with Crippen LogP contribution in [0.15, 0.2) is 66.2 Å². The molecule has 28 heavy (non-hydrogen) atoms. The molecule has 1 heterocycles. The van der Waals surface area contributed by atoms with Crippen LogP contribution in [0.2, 0.25) is 5.02 Å². The molecule has 0 saturated carbocycles. The summed E-state index contributed by atoms with van der Waals surface area (Å²) in [4.78, 5) is 31.3. The molecule has 0 unspecified atom stereocenters. The van der Waals surface area contributed by atoms with Crippen LogP contribution in [0.5, 0.6) is 0 Å². The molecule has 1 aliphatic rings. The number of halogens is 1. The van der Waals surface area contributed by atoms with Crippen molar-refractivity contribution in [2.75, 3.05) is 11.9 Å². The summed E-state index contributed by atoms with van der Waals surface area (Å²) in [5.74, 6) is -0.367. The SMILES string of the molecule is C=CCN1C(=O)[C@@H](CC(=O)Nc2ccccc2C)SC1=Nc1ccccc1Cl. The Labute approximate surface area is 173 Å². The average Bonchev–Trinajstić information content (AvgIpc) is 2.94. The zero-order valence-corrected chi connectivity index (χ0v) is 17.0. The molecule has 0 bridgehead atoms. The van der Waals surface area contributed by atoms with Crippen LogP contribution in [0, 0.1) is 6.92 Å². The maximum atomic E-state index is 12.8. The molecule has 2 amide bonds. The number of carbonyl (C=O) groups is 2. The van der Waals surface area contributed by atoms with Crippen molar-refractivity contribution in [3.63, 3.8) is 0 Å². The number of nitrogens with one attached hydrogen (secondary N) is 1. The highest BCUT2D eigenvalue weighted by Gasteiger charge is 2.38. The number of carbonyl (C=O) groups excluding carboxylic acids is 2. The number of para-hydroxylation sites is 2. The van der Waals surface area contributed by atoms with Crippen molar-refractivity contribution in [2.24, 2.45) is 4.99 Å². The van der Waals surface area contributed by atoms with E-state index < -0.39 is 5.25 Å². The molecule has 1 N–H and O–H groups in total. The van der Waals surface area contributed by atoms with E-state index in [2.05, 4.69) is 16.9 Å². The highest BCUT2D eigenvalue weighted by atomic mass is 35.5. The van der Waals surface area contributed by atoms with E-state index in [1.807, 2.05) is 43.3 Å². The maximum absolute atomic E-state index is 12.8. The van der Waals surface area contributed by atoms with Crippen LogP contribution in [0.25, 0.3) is 0 Å². The van der Waals surface area contributed by atoms with Gasteiger partial charge in [0.25, 0.3) is 0 Å². The summed E-state index contributed by atoms with van der Waals surface area (Å²) in [6.45, 7) is 5.95. The highest BCUT2D eigenvalue weighted by molar-refractivity contribution is 8.15. The Balaban J connectivity index is 1.76. The number of hydrogen-bond acceptors (Lipinski definition) is 4. The van der Waals surface area contributed by atoms with E-state index in [0.717, 1.165) is 11.3 Å². The van der Waals surface area contributed by atoms with Gasteiger partial charge in [-0.2, -0.15) is 0 Å². The Morgan fingerprint density at radius 3 is 2.71 bits per heavy atom. The molecule has 0 aliphatic carbocycles. The van der Waals surface area contributed by atoms with Crippen molar-refractivity contribution in [1.82, 2.24) is 4.90 Å². The second kappa shape index (κ2) is 9.08. The van der Waals surface area contributed by atoms with Gasteiger partial charge in [-0.15, -0.1) is 6.58 Å². The first-order valence-corrected chi connectivity index (χ1v) is 10.0. The molecule has 2 aromatic carbocycles. The molecule has 0 radical (unpaired) electrons. The molecule has 1 fully saturated rings. The zero-order chi connectivity index (χ0) is 20.1. The van der Waals surface area contributed by atoms with Crippen molar-refractivity contribution in [3.05, 3.63) is 71.8 Å². The second-order valence-corrected chi connectivity index (χ2v) is 7.83. The largest absolute Gasteiger partial charge is 0.326 e. The van der Waals surface area contributed by atoms with Crippen molar-refractivity contribution in [1.29, 1.82) is 0 Å². The first-order chi connectivity index (χ1) is 13.5. The molecule has 5 nitrogen and oxygen atoms in total. The molecule has 1 saturated heterocycles. The van der Waals surface area contributed by atoms with Crippen molar-refractivity contribution in [3.8, 4) is 0 Å². The minimum absolute atomic E-state index is 0.0625. The monoisotopic (exact) mass is 413 g/mol. The third-order valence-corrected chi connectivity index (χ3v) is 5.69. The minimum Gasteiger partial charge on any atom is -0.326 e. The molecule has 0 aromatic heterocycles. The van der Waals surface area contributed by atoms with E-state index >= 15 is 0 Å². The van der Waals surface area contributed by atoms with Crippen LogP contribution in [-0.4, -0.2) is 33.7 Å². The smallest absolute Gasteiger partial charge is 0.242 e. The number of amidine groups is 1. The highest BCUT2D eigenvalue weighted by Crippen LogP contribution is 2.33. The quantitative estimate of drug-likeness (QED) is 0.692. The lowest BCUT2D eigenvalue weighted by Gasteiger charge is -2.14. The van der Waals surface area contributed by atoms with E-state index in [9.17, 15) is 9.59 Å². The van der Waals surface area contributed by atoms with Crippen LogP contribution in [0.4, 0.5) is 11.4 Å². The summed E-state index contributed by atoms with van der Waals surface area (Å²) in [6.07, 6.45) is 1.70. The molecular weight excluding hydrogens is 394 g/mol. The first kappa shape index (κ1) is 20.2. The fourth-order valence-electron chi connectivity index (χ4n) is 2.75. The Morgan fingerprint density at radius 2 is 2.00 bits per heavy atom. The van der Waals surface area contributed by atoms with Gasteiger partial charge in [0.1, 0.15) is 5.25 Å². The minimum atomic E-state index is -0.537. The number of nitrogens with zero attached hydrogens (tertiary/aromatic N) is 2. The zero-order valence-electron chi connectivity index (χ0n) is 15.4. The number of thioether (sulfide) groups is 1. The molecule has 7 heteroatoms. The lowest BCUT2D eigenvalue weighted by molar-refractivity contribution is -0.127. The van der Waals surface area contributed by atoms with Crippen molar-refractivity contribution >= 4 is 51.7 Å². The van der Waals surface area contributed by atoms with Gasteiger partial charge in [0.2, 0.25) is 11.8 Å². The molecule has 144 valence electrons. The van der Waals surface area contributed by atoms with Crippen molar-refractivity contribution < 1.29 is 9.59 Å². The van der Waals surface area contributed by atoms with E-state index in [1.165, 1.54) is 16.7 Å². The van der Waals surface area contributed by atoms with E-state index in [0.29, 0.717) is 22.4 Å². The summed E-state index contributed by atoms with van der Waals surface area (Å²) < 4.78 is 0. The number of amides is 2. The molecule has 2 aromatic rings. The Morgan fingerprint density at radius 1 is 1.29 bits per heavy atom. The van der Waals surface area contributed by atoms with Crippen LogP contribution in [0.3, 0.4) is 0 Å². The van der Waals surface area contributed by atoms with E-state index in [-0.39, 0.29) is 18.2 Å². The van der Waals surface area contributed by atoms with Gasteiger partial charge in [0.05, 0.1) is 10.7 Å². The number of aryl methyl sites for hydroxylation is 1. The van der Waals surface area contributed by atoms with Gasteiger partial charge in [-0.05, 0) is 30.7 Å². The van der Waals surface area contributed by atoms with E-state index in [4.69, 9.17) is 11.6 Å². The predicted octanol–water partition coefficient (Wildman–Crippen LogP) is 4.79. The third-order valence-electron chi connectivity index (χ3n) is 4.19. The van der Waals surface area contributed by atoms with Gasteiger partial charge in [0.15, 0.2) is 5.17 Å². The maximum Gasteiger partial charge on any atom is 0.242 e. The normalized spacial score (nSPS) is 17.8. The number of anilines is 1. The average molecular weight is 414 g/mol. The lowest BCUT2D eigenvalue weighted by Crippen LogP contribution is -2.33. The van der Waals surface area contributed by atoms with Gasteiger partial charge in [-0.1, -0.05) is 59.8 Å². The third kappa shape index (κ3) is 4.64. The molecule has 3 rings (SSSR count). The summed E-state index contributed by atoms with van der Waals surface area (Å²) in [5.41, 5.74) is 2.30. The summed E-state index contributed by atoms with van der Waals surface area (Å²) >= 11 is 7.46. The van der Waals surface area contributed by atoms with Crippen LogP contribution in [0.1, 0.15) is 12.0 Å². The number of rotatable bonds is 6. The fourth-order valence-corrected chi connectivity index (χ4v) is 4.09. The molecule has 1 atom stereocenters. The molecule has 0 spiro atoms. The summed E-state index contributed by atoms with van der Waals surface area (Å²) in [5, 5.41) is 3.36. The van der Waals surface area contributed by atoms with Gasteiger partial charge in [-0.3, -0.25) is 14.5 Å². The molecular formula is C21H20ClN3O2S. The van der Waals surface area contributed by atoms with E-state index in [1.54, 1.807) is 18.2 Å². The van der Waals surface area contributed by atoms with Crippen molar-refractivity contribution in [2.45, 2.75) is 18.6 Å². The van der Waals surface area contributed by atoms with Gasteiger partial charge < -0.3 is 5.32 Å². The van der Waals surface area contributed by atoms with Gasteiger partial charge in [0, 0.05) is 18.7 Å². The Kier molecular flexibility index (Phi) is 6.54. The summed E-state index contributed by atoms with van der Waals surface area (Å²) in [6, 6.07) is 14.7. The standard InChI is InChI=1S/C21H20ClN3O2S/c1-3-12-25-20(27)18(13-19(26)23-16-10-6-4-8-14(16)2)28-21(25)24-17-11-7-5-9-15(17)22/h3-11,18H,1,12-13H2,2H3,(H,23,26)/t18-/m1/s1. The predicted molar refractivity (Wildman–Crippen MR) is 116 cm³/mol. The van der Waals surface area contributed by atoms with Crippen LogP contribution in [-0.2, 0) is 9.59 Å². The number of aliphatic imine (C=N–C) groups is 1. The van der Waals surface area contributed by atoms with Gasteiger partial charge in [-0.25, -0.2) is 4.99 Å².